The van der Waals surface area contributed by atoms with E-state index in [2.05, 4.69) is 0 Å². The van der Waals surface area contributed by atoms with Crippen molar-refractivity contribution < 1.29 is 29.4 Å². The third kappa shape index (κ3) is 2.88. The van der Waals surface area contributed by atoms with Gasteiger partial charge < -0.3 is 10.2 Å². The lowest BCUT2D eigenvalue weighted by Gasteiger charge is -2.56. The Labute approximate surface area is 209 Å². The molecule has 0 unspecified atom stereocenters. The SMILES string of the molecule is C[C@H]1C=C2C(=O)C=C3C4=C(C5=C(CCC5)C4)N(C(=O)c4ccccc4)O[C@]3(C(=O)CO)[C@@]2(C)C[C@@H]1O. The molecule has 7 nitrogen and oxygen atoms in total. The van der Waals surface area contributed by atoms with Gasteiger partial charge in [-0.25, -0.2) is 4.84 Å². The summed E-state index contributed by atoms with van der Waals surface area (Å²) >= 11 is 0. The summed E-state index contributed by atoms with van der Waals surface area (Å²) in [6, 6.07) is 8.74. The average molecular weight is 488 g/mol. The van der Waals surface area contributed by atoms with E-state index in [-0.39, 0.29) is 18.1 Å². The molecule has 5 aliphatic rings. The number of rotatable bonds is 3. The fourth-order valence-electron chi connectivity index (χ4n) is 6.89. The van der Waals surface area contributed by atoms with Crippen molar-refractivity contribution in [1.82, 2.24) is 5.06 Å². The van der Waals surface area contributed by atoms with Gasteiger partial charge in [0.1, 0.15) is 6.61 Å². The second-order valence-electron chi connectivity index (χ2n) is 10.7. The van der Waals surface area contributed by atoms with E-state index >= 15 is 0 Å². The van der Waals surface area contributed by atoms with Crippen LogP contribution in [-0.2, 0) is 14.4 Å². The number of fused-ring (bicyclic) bond motifs is 5. The van der Waals surface area contributed by atoms with Gasteiger partial charge in [-0.1, -0.05) is 43.7 Å². The maximum atomic E-state index is 13.9. The summed E-state index contributed by atoms with van der Waals surface area (Å²) in [5.41, 5.74) is 1.67. The number of ketones is 2. The van der Waals surface area contributed by atoms with Gasteiger partial charge in [-0.15, -0.1) is 0 Å². The Morgan fingerprint density at radius 2 is 1.89 bits per heavy atom. The molecule has 1 aliphatic heterocycles. The van der Waals surface area contributed by atoms with E-state index in [1.165, 1.54) is 16.7 Å². The fourth-order valence-corrected chi connectivity index (χ4v) is 6.89. The van der Waals surface area contributed by atoms with E-state index in [1.54, 1.807) is 37.3 Å². The van der Waals surface area contributed by atoms with Crippen molar-refractivity contribution >= 4 is 17.5 Å². The first kappa shape index (κ1) is 23.3. The summed E-state index contributed by atoms with van der Waals surface area (Å²) in [5, 5.41) is 22.3. The smallest absolute Gasteiger partial charge is 0.282 e. The minimum Gasteiger partial charge on any atom is -0.392 e. The Hall–Kier alpha value is -3.13. The maximum absolute atomic E-state index is 13.9. The Morgan fingerprint density at radius 3 is 2.61 bits per heavy atom. The van der Waals surface area contributed by atoms with Crippen LogP contribution in [0.15, 0.2) is 76.0 Å². The molecule has 2 N–H and O–H groups in total. The number of benzene rings is 1. The van der Waals surface area contributed by atoms with Crippen LogP contribution in [0.4, 0.5) is 0 Å². The van der Waals surface area contributed by atoms with Crippen molar-refractivity contribution in [3.63, 3.8) is 0 Å². The summed E-state index contributed by atoms with van der Waals surface area (Å²) in [5.74, 6) is -1.56. The predicted molar refractivity (Wildman–Crippen MR) is 130 cm³/mol. The zero-order valence-corrected chi connectivity index (χ0v) is 20.4. The van der Waals surface area contributed by atoms with Crippen LogP contribution in [0.25, 0.3) is 0 Å². The Morgan fingerprint density at radius 1 is 1.14 bits per heavy atom. The molecule has 0 saturated carbocycles. The molecule has 0 bridgehead atoms. The quantitative estimate of drug-likeness (QED) is 0.678. The van der Waals surface area contributed by atoms with E-state index in [0.29, 0.717) is 28.8 Å². The maximum Gasteiger partial charge on any atom is 0.282 e. The highest BCUT2D eigenvalue weighted by Crippen LogP contribution is 2.62. The molecule has 0 fully saturated rings. The minimum atomic E-state index is -1.83. The van der Waals surface area contributed by atoms with Crippen molar-refractivity contribution in [2.24, 2.45) is 11.3 Å². The summed E-state index contributed by atoms with van der Waals surface area (Å²) in [7, 11) is 0. The lowest BCUT2D eigenvalue weighted by Crippen LogP contribution is -2.66. The Bertz CT molecular complexity index is 1330. The van der Waals surface area contributed by atoms with Gasteiger partial charge >= 0.3 is 0 Å². The Kier molecular flexibility index (Phi) is 5.13. The van der Waals surface area contributed by atoms with Crippen LogP contribution >= 0.6 is 0 Å². The number of Topliss-reactive ketones (excluding diaryl/α,β-unsaturated/α-hetero) is 1. The first-order chi connectivity index (χ1) is 17.2. The number of aliphatic hydroxyl groups is 2. The molecule has 0 aromatic heterocycles. The van der Waals surface area contributed by atoms with E-state index in [4.69, 9.17) is 4.84 Å². The molecule has 1 aromatic rings. The molecule has 0 radical (unpaired) electrons. The zero-order chi connectivity index (χ0) is 25.4. The molecule has 36 heavy (non-hydrogen) atoms. The van der Waals surface area contributed by atoms with E-state index < -0.39 is 35.4 Å². The first-order valence-electron chi connectivity index (χ1n) is 12.6. The largest absolute Gasteiger partial charge is 0.392 e. The van der Waals surface area contributed by atoms with Crippen molar-refractivity contribution in [2.75, 3.05) is 6.61 Å². The summed E-state index contributed by atoms with van der Waals surface area (Å²) in [6.07, 6.45) is 5.61. The molecule has 6 rings (SSSR count). The van der Waals surface area contributed by atoms with Gasteiger partial charge in [0.2, 0.25) is 0 Å². The lowest BCUT2D eigenvalue weighted by molar-refractivity contribution is -0.228. The molecule has 0 spiro atoms. The van der Waals surface area contributed by atoms with Gasteiger partial charge in [0.15, 0.2) is 17.2 Å². The molecular weight excluding hydrogens is 458 g/mol. The topological polar surface area (TPSA) is 104 Å². The number of aliphatic hydroxyl groups excluding tert-OH is 2. The molecule has 1 aromatic carbocycles. The number of amides is 1. The number of hydrogen-bond acceptors (Lipinski definition) is 6. The first-order valence-corrected chi connectivity index (χ1v) is 12.6. The van der Waals surface area contributed by atoms with Crippen molar-refractivity contribution in [3.05, 3.63) is 81.6 Å². The van der Waals surface area contributed by atoms with Crippen molar-refractivity contribution in [3.8, 4) is 0 Å². The highest BCUT2D eigenvalue weighted by Gasteiger charge is 2.68. The van der Waals surface area contributed by atoms with Gasteiger partial charge in [-0.2, -0.15) is 5.06 Å². The van der Waals surface area contributed by atoms with Crippen LogP contribution in [0, 0.1) is 11.3 Å². The highest BCUT2D eigenvalue weighted by atomic mass is 16.7. The molecule has 1 heterocycles. The van der Waals surface area contributed by atoms with Crippen LogP contribution < -0.4 is 0 Å². The average Bonchev–Trinajstić information content (AvgIpc) is 3.47. The third-order valence-corrected chi connectivity index (χ3v) is 8.74. The highest BCUT2D eigenvalue weighted by molar-refractivity contribution is 6.12. The van der Waals surface area contributed by atoms with Crippen LogP contribution in [0.5, 0.6) is 0 Å². The molecule has 7 heteroatoms. The normalized spacial score (nSPS) is 33.0. The summed E-state index contributed by atoms with van der Waals surface area (Å²) < 4.78 is 0. The third-order valence-electron chi connectivity index (χ3n) is 8.74. The second-order valence-corrected chi connectivity index (χ2v) is 10.7. The fraction of sp³-hybridized carbons (Fsp3) is 0.414. The van der Waals surface area contributed by atoms with E-state index in [0.717, 1.165) is 30.4 Å². The van der Waals surface area contributed by atoms with Crippen molar-refractivity contribution in [2.45, 2.75) is 57.7 Å². The number of carbonyl (C=O) groups excluding carboxylic acids is 3. The van der Waals surface area contributed by atoms with Crippen LogP contribution in [0.3, 0.4) is 0 Å². The van der Waals surface area contributed by atoms with Crippen LogP contribution in [0.1, 0.15) is 56.3 Å². The van der Waals surface area contributed by atoms with Gasteiger partial charge in [0.25, 0.3) is 5.91 Å². The number of carbonyl (C=O) groups is 3. The number of allylic oxidation sites excluding steroid dienone is 3. The molecule has 1 amide bonds. The van der Waals surface area contributed by atoms with Gasteiger partial charge in [-0.3, -0.25) is 14.4 Å². The van der Waals surface area contributed by atoms with E-state index in [9.17, 15) is 24.6 Å². The van der Waals surface area contributed by atoms with Crippen LogP contribution in [-0.4, -0.2) is 51.1 Å². The number of hydrogen-bond donors (Lipinski definition) is 2. The van der Waals surface area contributed by atoms with Gasteiger partial charge in [0.05, 0.1) is 11.8 Å². The van der Waals surface area contributed by atoms with Crippen LogP contribution in [0.2, 0.25) is 0 Å². The Balaban J connectivity index is 1.63. The monoisotopic (exact) mass is 487 g/mol. The molecule has 4 aliphatic carbocycles. The lowest BCUT2D eigenvalue weighted by atomic mass is 9.52. The molecule has 0 saturated heterocycles. The molecule has 4 atom stereocenters. The number of hydroxylamine groups is 2. The zero-order valence-electron chi connectivity index (χ0n) is 20.4. The standard InChI is InChI=1S/C29H29NO6/c1-16-11-22-23(32)13-21-20-12-18-9-6-10-19(18)26(20)30(27(35)17-7-4-3-5-8-17)36-29(21,25(34)15-31)28(22,2)14-24(16)33/h3-5,7-8,11,13,16,24,31,33H,6,9-10,12,14-15H2,1-2H3/t16-,24-,28-,29+/m0/s1. The minimum absolute atomic E-state index is 0.0813. The predicted octanol–water partition coefficient (Wildman–Crippen LogP) is 3.36. The van der Waals surface area contributed by atoms with Crippen molar-refractivity contribution in [1.29, 1.82) is 0 Å². The number of nitrogens with zero attached hydrogens (tertiary/aromatic N) is 1. The van der Waals surface area contributed by atoms with Gasteiger partial charge in [0, 0.05) is 28.0 Å². The van der Waals surface area contributed by atoms with E-state index in [1.807, 2.05) is 13.0 Å². The summed E-state index contributed by atoms with van der Waals surface area (Å²) in [6.45, 7) is 2.73. The molecular formula is C29H29NO6. The second kappa shape index (κ2) is 7.93. The molecule has 186 valence electrons. The summed E-state index contributed by atoms with van der Waals surface area (Å²) in [4.78, 5) is 47.8. The van der Waals surface area contributed by atoms with Gasteiger partial charge in [-0.05, 0) is 61.5 Å².